The van der Waals surface area contributed by atoms with Gasteiger partial charge in [-0.25, -0.2) is 9.78 Å². The van der Waals surface area contributed by atoms with Crippen molar-refractivity contribution < 1.29 is 14.3 Å². The van der Waals surface area contributed by atoms with Crippen molar-refractivity contribution in [3.63, 3.8) is 0 Å². The molecule has 9 nitrogen and oxygen atoms in total. The van der Waals surface area contributed by atoms with E-state index in [2.05, 4.69) is 39.6 Å². The first kappa shape index (κ1) is 24.1. The highest BCUT2D eigenvalue weighted by atomic mass is 32.1. The third-order valence-corrected chi connectivity index (χ3v) is 7.33. The number of hydrogen-bond acceptors (Lipinski definition) is 10. The summed E-state index contributed by atoms with van der Waals surface area (Å²) in [4.78, 5) is 26.5. The van der Waals surface area contributed by atoms with E-state index in [1.54, 1.807) is 18.4 Å². The van der Waals surface area contributed by atoms with Crippen molar-refractivity contribution in [1.29, 1.82) is 0 Å². The third kappa shape index (κ3) is 5.00. The van der Waals surface area contributed by atoms with Crippen LogP contribution in [0.1, 0.15) is 12.8 Å². The second-order valence-electron chi connectivity index (χ2n) is 8.76. The van der Waals surface area contributed by atoms with Crippen molar-refractivity contribution in [2.45, 2.75) is 12.8 Å². The van der Waals surface area contributed by atoms with Crippen LogP contribution < -0.4 is 20.3 Å². The lowest BCUT2D eigenvalue weighted by Gasteiger charge is -2.34. The van der Waals surface area contributed by atoms with E-state index in [-0.39, 0.29) is 5.97 Å². The van der Waals surface area contributed by atoms with Crippen LogP contribution in [0.5, 0.6) is 5.75 Å². The molecule has 0 atom stereocenters. The smallest absolute Gasteiger partial charge is 0.339 e. The molecule has 0 amide bonds. The van der Waals surface area contributed by atoms with Crippen LogP contribution in [0, 0.1) is 0 Å². The van der Waals surface area contributed by atoms with Gasteiger partial charge in [0.15, 0.2) is 5.82 Å². The lowest BCUT2D eigenvalue weighted by molar-refractivity contribution is -0.135. The predicted molar refractivity (Wildman–Crippen MR) is 144 cm³/mol. The maximum Gasteiger partial charge on any atom is 0.339 e. The fraction of sp³-hybridized carbons (Fsp3) is 0.346. The van der Waals surface area contributed by atoms with Crippen molar-refractivity contribution in [3.8, 4) is 5.75 Å². The highest BCUT2D eigenvalue weighted by molar-refractivity contribution is 7.17. The fourth-order valence-corrected chi connectivity index (χ4v) is 5.17. The van der Waals surface area contributed by atoms with Gasteiger partial charge in [-0.2, -0.15) is 4.98 Å². The van der Waals surface area contributed by atoms with Crippen molar-refractivity contribution >= 4 is 50.7 Å². The molecule has 1 aromatic carbocycles. The molecule has 3 heterocycles. The number of likely N-dealkylation sites (N-methyl/N-ethyl adjacent to an activating group) is 1. The van der Waals surface area contributed by atoms with Crippen molar-refractivity contribution in [1.82, 2.24) is 14.9 Å². The molecule has 0 spiro atoms. The maximum absolute atomic E-state index is 12.3. The second-order valence-corrected chi connectivity index (χ2v) is 9.68. The van der Waals surface area contributed by atoms with Crippen molar-refractivity contribution in [3.05, 3.63) is 53.1 Å². The van der Waals surface area contributed by atoms with E-state index in [1.165, 1.54) is 7.11 Å². The summed E-state index contributed by atoms with van der Waals surface area (Å²) in [6.07, 6.45) is 5.53. The number of benzene rings is 1. The van der Waals surface area contributed by atoms with Gasteiger partial charge in [-0.1, -0.05) is 12.2 Å². The highest BCUT2D eigenvalue weighted by Crippen LogP contribution is 2.34. The number of fused-ring (bicyclic) bond motifs is 1. The first-order valence-corrected chi connectivity index (χ1v) is 12.8. The molecule has 2 N–H and O–H groups in total. The Labute approximate surface area is 214 Å². The van der Waals surface area contributed by atoms with Crippen LogP contribution in [0.2, 0.25) is 0 Å². The SMILES string of the molecule is COC(=O)C1=CCCC=C1Nc1nc(Nc2ccc(N3CCN(C)CC3)cc2OC)nc2ccsc12. The van der Waals surface area contributed by atoms with Gasteiger partial charge in [-0.15, -0.1) is 11.3 Å². The highest BCUT2D eigenvalue weighted by Gasteiger charge is 2.21. The van der Waals surface area contributed by atoms with Crippen LogP contribution in [-0.2, 0) is 9.53 Å². The van der Waals surface area contributed by atoms with E-state index in [9.17, 15) is 4.79 Å². The molecule has 1 aliphatic heterocycles. The number of nitrogens with zero attached hydrogens (tertiary/aromatic N) is 4. The van der Waals surface area contributed by atoms with Crippen LogP contribution in [0.3, 0.4) is 0 Å². The molecule has 2 aromatic heterocycles. The number of anilines is 4. The van der Waals surface area contributed by atoms with E-state index >= 15 is 0 Å². The van der Waals surface area contributed by atoms with Crippen LogP contribution in [0.15, 0.2) is 53.1 Å². The monoisotopic (exact) mass is 506 g/mol. The van der Waals surface area contributed by atoms with Gasteiger partial charge in [0.1, 0.15) is 5.75 Å². The molecular weight excluding hydrogens is 476 g/mol. The third-order valence-electron chi connectivity index (χ3n) is 6.42. The molecule has 0 bridgehead atoms. The van der Waals surface area contributed by atoms with Crippen molar-refractivity contribution in [2.24, 2.45) is 0 Å². The molecule has 0 unspecified atom stereocenters. The number of methoxy groups -OCH3 is 2. The summed E-state index contributed by atoms with van der Waals surface area (Å²) in [6, 6.07) is 8.11. The largest absolute Gasteiger partial charge is 0.494 e. The number of allylic oxidation sites excluding steroid dienone is 2. The summed E-state index contributed by atoms with van der Waals surface area (Å²) in [7, 11) is 5.21. The first-order valence-electron chi connectivity index (χ1n) is 12.0. The van der Waals surface area contributed by atoms with Crippen LogP contribution in [0.4, 0.5) is 23.1 Å². The van der Waals surface area contributed by atoms with Gasteiger partial charge in [-0.05, 0) is 43.5 Å². The maximum atomic E-state index is 12.3. The number of thiophene rings is 1. The normalized spacial score (nSPS) is 16.4. The number of ether oxygens (including phenoxy) is 2. The number of nitrogens with one attached hydrogen (secondary N) is 2. The minimum absolute atomic E-state index is 0.367. The number of rotatable bonds is 7. The van der Waals surface area contributed by atoms with E-state index in [4.69, 9.17) is 19.4 Å². The average molecular weight is 507 g/mol. The zero-order valence-corrected chi connectivity index (χ0v) is 21.5. The number of esters is 1. The Hall–Kier alpha value is -3.63. The summed E-state index contributed by atoms with van der Waals surface area (Å²) in [5, 5.41) is 8.66. The number of carbonyl (C=O) groups is 1. The Morgan fingerprint density at radius 1 is 1.03 bits per heavy atom. The quantitative estimate of drug-likeness (QED) is 0.453. The first-order chi connectivity index (χ1) is 17.6. The van der Waals surface area contributed by atoms with Crippen LogP contribution in [0.25, 0.3) is 10.2 Å². The number of carbonyl (C=O) groups excluding carboxylic acids is 1. The molecular formula is C26H30N6O3S. The molecule has 36 heavy (non-hydrogen) atoms. The molecule has 1 aliphatic carbocycles. The standard InChI is InChI=1S/C26H30N6O3S/c1-31-11-13-32(14-12-31)17-8-9-20(22(16-17)34-2)28-26-29-21-10-15-36-23(21)24(30-26)27-19-7-5-4-6-18(19)25(33)35-3/h6-10,15-16H,4-5,11-14H2,1-3H3,(H2,27,28,29,30). The Bertz CT molecular complexity index is 1330. The molecule has 1 saturated heterocycles. The average Bonchev–Trinajstić information content (AvgIpc) is 3.38. The van der Waals surface area contributed by atoms with E-state index in [0.29, 0.717) is 23.0 Å². The van der Waals surface area contributed by atoms with E-state index in [1.807, 2.05) is 29.7 Å². The summed E-state index contributed by atoms with van der Waals surface area (Å²) in [5.74, 6) is 1.43. The number of aromatic nitrogens is 2. The predicted octanol–water partition coefficient (Wildman–Crippen LogP) is 4.38. The fourth-order valence-electron chi connectivity index (χ4n) is 4.39. The van der Waals surface area contributed by atoms with Crippen molar-refractivity contribution in [2.75, 3.05) is 63.0 Å². The molecule has 0 radical (unpaired) electrons. The Morgan fingerprint density at radius 2 is 1.83 bits per heavy atom. The lowest BCUT2D eigenvalue weighted by Crippen LogP contribution is -2.44. The summed E-state index contributed by atoms with van der Waals surface area (Å²) < 4.78 is 11.6. The Balaban J connectivity index is 1.42. The molecule has 1 fully saturated rings. The van der Waals surface area contributed by atoms with Gasteiger partial charge < -0.3 is 29.9 Å². The number of hydrogen-bond donors (Lipinski definition) is 2. The molecule has 10 heteroatoms. The summed E-state index contributed by atoms with van der Waals surface area (Å²) in [5.41, 5.74) is 3.94. The molecule has 5 rings (SSSR count). The van der Waals surface area contributed by atoms with E-state index in [0.717, 1.165) is 66.4 Å². The molecule has 3 aromatic rings. The Morgan fingerprint density at radius 3 is 2.61 bits per heavy atom. The van der Waals surface area contributed by atoms with Gasteiger partial charge in [0.05, 0.1) is 35.7 Å². The number of piperazine rings is 1. The minimum Gasteiger partial charge on any atom is -0.494 e. The zero-order valence-electron chi connectivity index (χ0n) is 20.7. The zero-order chi connectivity index (χ0) is 25.1. The summed E-state index contributed by atoms with van der Waals surface area (Å²) >= 11 is 1.55. The van der Waals surface area contributed by atoms with Gasteiger partial charge in [-0.3, -0.25) is 0 Å². The molecule has 0 saturated carbocycles. The molecule has 2 aliphatic rings. The minimum atomic E-state index is -0.367. The van der Waals surface area contributed by atoms with Gasteiger partial charge in [0.2, 0.25) is 5.95 Å². The summed E-state index contributed by atoms with van der Waals surface area (Å²) in [6.45, 7) is 4.04. The topological polar surface area (TPSA) is 91.8 Å². The Kier molecular flexibility index (Phi) is 7.06. The van der Waals surface area contributed by atoms with Crippen LogP contribution >= 0.6 is 11.3 Å². The lowest BCUT2D eigenvalue weighted by atomic mass is 10.0. The van der Waals surface area contributed by atoms with Gasteiger partial charge in [0, 0.05) is 43.6 Å². The van der Waals surface area contributed by atoms with E-state index < -0.39 is 0 Å². The second kappa shape index (κ2) is 10.5. The van der Waals surface area contributed by atoms with Crippen LogP contribution in [-0.4, -0.2) is 68.3 Å². The van der Waals surface area contributed by atoms with Gasteiger partial charge >= 0.3 is 5.97 Å². The van der Waals surface area contributed by atoms with Gasteiger partial charge in [0.25, 0.3) is 0 Å². The molecule has 188 valence electrons.